The van der Waals surface area contributed by atoms with Crippen LogP contribution in [0.3, 0.4) is 0 Å². The number of hydrogen-bond acceptors (Lipinski definition) is 3. The maximum atomic E-state index is 9.90. The molecule has 1 N–H and O–H groups in total. The van der Waals surface area contributed by atoms with Gasteiger partial charge in [0, 0.05) is 6.04 Å². The third-order valence-electron chi connectivity index (χ3n) is 5.16. The SMILES string of the molecule is C[C@H]1[C@@H](COCc2ccccc2)CCN1[C@@H](CO)c1ccccc1. The van der Waals surface area contributed by atoms with Crippen LogP contribution in [0.25, 0.3) is 0 Å². The lowest BCUT2D eigenvalue weighted by atomic mass is 10.0. The van der Waals surface area contributed by atoms with Crippen LogP contribution in [0, 0.1) is 5.92 Å². The molecule has 0 unspecified atom stereocenters. The van der Waals surface area contributed by atoms with Crippen molar-refractivity contribution in [3.05, 3.63) is 71.8 Å². The fraction of sp³-hybridized carbons (Fsp3) is 0.429. The van der Waals surface area contributed by atoms with Crippen molar-refractivity contribution < 1.29 is 9.84 Å². The van der Waals surface area contributed by atoms with Crippen molar-refractivity contribution in [2.24, 2.45) is 5.92 Å². The molecule has 0 aliphatic carbocycles. The Hall–Kier alpha value is -1.68. The molecule has 24 heavy (non-hydrogen) atoms. The molecule has 1 fully saturated rings. The van der Waals surface area contributed by atoms with Crippen LogP contribution in [0.15, 0.2) is 60.7 Å². The fourth-order valence-electron chi connectivity index (χ4n) is 3.67. The molecular formula is C21H27NO2. The highest BCUT2D eigenvalue weighted by Crippen LogP contribution is 2.32. The Morgan fingerprint density at radius 2 is 1.75 bits per heavy atom. The van der Waals surface area contributed by atoms with Gasteiger partial charge in [-0.25, -0.2) is 0 Å². The molecule has 3 atom stereocenters. The van der Waals surface area contributed by atoms with Gasteiger partial charge in [-0.3, -0.25) is 4.90 Å². The fourth-order valence-corrected chi connectivity index (χ4v) is 3.67. The second-order valence-corrected chi connectivity index (χ2v) is 6.64. The van der Waals surface area contributed by atoms with Gasteiger partial charge in [-0.05, 0) is 36.9 Å². The number of aliphatic hydroxyl groups is 1. The van der Waals surface area contributed by atoms with Crippen LogP contribution in [0.2, 0.25) is 0 Å². The summed E-state index contributed by atoms with van der Waals surface area (Å²) in [6.07, 6.45) is 1.12. The minimum Gasteiger partial charge on any atom is -0.394 e. The average molecular weight is 325 g/mol. The molecule has 3 heteroatoms. The summed E-state index contributed by atoms with van der Waals surface area (Å²) in [5, 5.41) is 9.90. The van der Waals surface area contributed by atoms with Crippen LogP contribution in [0.4, 0.5) is 0 Å². The molecule has 0 bridgehead atoms. The maximum absolute atomic E-state index is 9.90. The predicted molar refractivity (Wildman–Crippen MR) is 96.6 cm³/mol. The number of rotatable bonds is 7. The van der Waals surface area contributed by atoms with Gasteiger partial charge in [0.2, 0.25) is 0 Å². The smallest absolute Gasteiger partial charge is 0.0717 e. The number of nitrogens with zero attached hydrogens (tertiary/aromatic N) is 1. The van der Waals surface area contributed by atoms with Crippen LogP contribution in [0.5, 0.6) is 0 Å². The largest absolute Gasteiger partial charge is 0.394 e. The molecule has 128 valence electrons. The number of likely N-dealkylation sites (tertiary alicyclic amines) is 1. The normalized spacial score (nSPS) is 22.6. The zero-order valence-electron chi connectivity index (χ0n) is 14.3. The molecule has 0 saturated carbocycles. The highest BCUT2D eigenvalue weighted by atomic mass is 16.5. The summed E-state index contributed by atoms with van der Waals surface area (Å²) in [7, 11) is 0. The monoisotopic (exact) mass is 325 g/mol. The Labute approximate surface area is 144 Å². The summed E-state index contributed by atoms with van der Waals surface area (Å²) in [5.74, 6) is 0.520. The molecule has 1 saturated heterocycles. The first-order valence-electron chi connectivity index (χ1n) is 8.83. The van der Waals surface area contributed by atoms with E-state index in [-0.39, 0.29) is 12.6 Å². The molecule has 2 aromatic carbocycles. The molecule has 0 spiro atoms. The minimum atomic E-state index is 0.0836. The van der Waals surface area contributed by atoms with Crippen molar-refractivity contribution in [3.63, 3.8) is 0 Å². The van der Waals surface area contributed by atoms with Crippen LogP contribution in [0.1, 0.15) is 30.5 Å². The molecular weight excluding hydrogens is 298 g/mol. The van der Waals surface area contributed by atoms with E-state index in [1.807, 2.05) is 36.4 Å². The Balaban J connectivity index is 1.55. The molecule has 3 rings (SSSR count). The number of aliphatic hydroxyl groups excluding tert-OH is 1. The van der Waals surface area contributed by atoms with Crippen LogP contribution >= 0.6 is 0 Å². The van der Waals surface area contributed by atoms with E-state index in [0.717, 1.165) is 19.6 Å². The van der Waals surface area contributed by atoms with Crippen LogP contribution in [-0.2, 0) is 11.3 Å². The Kier molecular flexibility index (Phi) is 6.02. The second kappa shape index (κ2) is 8.43. The Morgan fingerprint density at radius 1 is 1.08 bits per heavy atom. The van der Waals surface area contributed by atoms with Gasteiger partial charge in [-0.15, -0.1) is 0 Å². The lowest BCUT2D eigenvalue weighted by Gasteiger charge is -2.32. The zero-order chi connectivity index (χ0) is 16.8. The summed E-state index contributed by atoms with van der Waals surface area (Å²) in [5.41, 5.74) is 2.41. The Bertz CT molecular complexity index is 602. The molecule has 2 aromatic rings. The van der Waals surface area contributed by atoms with Crippen molar-refractivity contribution in [2.45, 2.75) is 32.0 Å². The van der Waals surface area contributed by atoms with Crippen LogP contribution < -0.4 is 0 Å². The number of benzene rings is 2. The van der Waals surface area contributed by atoms with Gasteiger partial charge in [0.25, 0.3) is 0 Å². The first-order valence-corrected chi connectivity index (χ1v) is 8.83. The van der Waals surface area contributed by atoms with Gasteiger partial charge >= 0.3 is 0 Å². The summed E-state index contributed by atoms with van der Waals surface area (Å²) in [6, 6.07) is 21.1. The summed E-state index contributed by atoms with van der Waals surface area (Å²) < 4.78 is 5.95. The average Bonchev–Trinajstić information content (AvgIpc) is 2.99. The molecule has 0 amide bonds. The number of hydrogen-bond donors (Lipinski definition) is 1. The molecule has 1 aliphatic heterocycles. The minimum absolute atomic E-state index is 0.0836. The summed E-state index contributed by atoms with van der Waals surface area (Å²) >= 11 is 0. The van der Waals surface area contributed by atoms with E-state index in [4.69, 9.17) is 4.74 Å². The highest BCUT2D eigenvalue weighted by molar-refractivity contribution is 5.20. The third kappa shape index (κ3) is 4.04. The van der Waals surface area contributed by atoms with Gasteiger partial charge in [-0.2, -0.15) is 0 Å². The van der Waals surface area contributed by atoms with Gasteiger partial charge in [0.1, 0.15) is 0 Å². The first-order chi connectivity index (χ1) is 11.8. The standard InChI is InChI=1S/C21H27NO2/c1-17-20(16-24-15-18-8-4-2-5-9-18)12-13-22(17)21(14-23)19-10-6-3-7-11-19/h2-11,17,20-21,23H,12-16H2,1H3/t17-,20+,21-/m0/s1. The van der Waals surface area contributed by atoms with Crippen molar-refractivity contribution in [1.82, 2.24) is 4.90 Å². The molecule has 0 aromatic heterocycles. The Morgan fingerprint density at radius 3 is 2.42 bits per heavy atom. The third-order valence-corrected chi connectivity index (χ3v) is 5.16. The van der Waals surface area contributed by atoms with Gasteiger partial charge in [-0.1, -0.05) is 60.7 Å². The van der Waals surface area contributed by atoms with E-state index >= 15 is 0 Å². The maximum Gasteiger partial charge on any atom is 0.0717 e. The second-order valence-electron chi connectivity index (χ2n) is 6.64. The van der Waals surface area contributed by atoms with E-state index in [9.17, 15) is 5.11 Å². The summed E-state index contributed by atoms with van der Waals surface area (Å²) in [4.78, 5) is 2.42. The highest BCUT2D eigenvalue weighted by Gasteiger charge is 2.35. The lowest BCUT2D eigenvalue weighted by Crippen LogP contribution is -2.36. The van der Waals surface area contributed by atoms with E-state index in [2.05, 4.69) is 36.1 Å². The lowest BCUT2D eigenvalue weighted by molar-refractivity contribution is 0.0591. The van der Waals surface area contributed by atoms with Crippen molar-refractivity contribution in [2.75, 3.05) is 19.8 Å². The first kappa shape index (κ1) is 17.2. The topological polar surface area (TPSA) is 32.7 Å². The summed E-state index contributed by atoms with van der Waals surface area (Å²) in [6.45, 7) is 4.88. The quantitative estimate of drug-likeness (QED) is 0.843. The molecule has 0 radical (unpaired) electrons. The van der Waals surface area contributed by atoms with Gasteiger partial charge in [0.05, 0.1) is 25.9 Å². The zero-order valence-corrected chi connectivity index (χ0v) is 14.3. The molecule has 3 nitrogen and oxygen atoms in total. The molecule has 1 heterocycles. The van der Waals surface area contributed by atoms with Gasteiger partial charge in [0.15, 0.2) is 0 Å². The van der Waals surface area contributed by atoms with Gasteiger partial charge < -0.3 is 9.84 Å². The van der Waals surface area contributed by atoms with Crippen LogP contribution in [-0.4, -0.2) is 35.8 Å². The van der Waals surface area contributed by atoms with E-state index in [0.29, 0.717) is 18.6 Å². The predicted octanol–water partition coefficient (Wildman–Crippen LogP) is 3.65. The van der Waals surface area contributed by atoms with Crippen molar-refractivity contribution in [3.8, 4) is 0 Å². The van der Waals surface area contributed by atoms with Crippen molar-refractivity contribution >= 4 is 0 Å². The van der Waals surface area contributed by atoms with E-state index < -0.39 is 0 Å². The number of ether oxygens (including phenoxy) is 1. The van der Waals surface area contributed by atoms with E-state index in [1.165, 1.54) is 11.1 Å². The molecule has 1 aliphatic rings. The van der Waals surface area contributed by atoms with Crippen molar-refractivity contribution in [1.29, 1.82) is 0 Å². The van der Waals surface area contributed by atoms with E-state index in [1.54, 1.807) is 0 Å².